The zero-order valence-corrected chi connectivity index (χ0v) is 8.72. The Morgan fingerprint density at radius 1 is 1.38 bits per heavy atom. The highest BCUT2D eigenvalue weighted by molar-refractivity contribution is 5.29. The number of aliphatic hydroxyl groups is 1. The minimum absolute atomic E-state index is 0.0318. The molecule has 0 aromatic carbocycles. The van der Waals surface area contributed by atoms with Crippen LogP contribution in [-0.2, 0) is 0 Å². The Hall–Kier alpha value is -0.480. The van der Waals surface area contributed by atoms with Gasteiger partial charge >= 0.3 is 0 Å². The number of fused-ring (bicyclic) bond motifs is 2. The van der Waals surface area contributed by atoms with E-state index in [0.717, 1.165) is 12.8 Å². The van der Waals surface area contributed by atoms with Crippen LogP contribution in [0.2, 0.25) is 0 Å². The van der Waals surface area contributed by atoms with Gasteiger partial charge in [0.1, 0.15) is 5.60 Å². The highest BCUT2D eigenvalue weighted by atomic mass is 16.3. The molecule has 0 aromatic heterocycles. The van der Waals surface area contributed by atoms with Crippen molar-refractivity contribution in [2.75, 3.05) is 0 Å². The Morgan fingerprint density at radius 3 is 2.31 bits per heavy atom. The molecule has 2 saturated carbocycles. The molecule has 2 aliphatic carbocycles. The van der Waals surface area contributed by atoms with E-state index in [0.29, 0.717) is 5.92 Å². The number of rotatable bonds is 0. The molecule has 0 aromatic rings. The molecule has 1 nitrogen and oxygen atoms in total. The van der Waals surface area contributed by atoms with Crippen LogP contribution in [0.1, 0.15) is 40.0 Å². The minimum Gasteiger partial charge on any atom is -0.376 e. The first kappa shape index (κ1) is 9.09. The van der Waals surface area contributed by atoms with Crippen molar-refractivity contribution >= 4 is 0 Å². The number of hydrogen-bond donors (Lipinski definition) is 1. The summed E-state index contributed by atoms with van der Waals surface area (Å²) in [6, 6.07) is 0. The lowest BCUT2D eigenvalue weighted by Crippen LogP contribution is -2.52. The first-order valence-corrected chi connectivity index (χ1v) is 5.07. The van der Waals surface area contributed by atoms with Gasteiger partial charge in [0.2, 0.25) is 0 Å². The Morgan fingerprint density at radius 2 is 2.00 bits per heavy atom. The molecule has 2 rings (SSSR count). The largest absolute Gasteiger partial charge is 0.376 e. The first-order chi connectivity index (χ1) is 5.87. The summed E-state index contributed by atoms with van der Waals surface area (Å²) in [5.74, 6) is 3.27. The molecule has 0 spiro atoms. The van der Waals surface area contributed by atoms with Gasteiger partial charge in [-0.3, -0.25) is 0 Å². The molecule has 72 valence electrons. The van der Waals surface area contributed by atoms with Crippen LogP contribution in [0.4, 0.5) is 0 Å². The zero-order chi connectivity index (χ0) is 9.91. The van der Waals surface area contributed by atoms with Crippen LogP contribution in [0.5, 0.6) is 0 Å². The van der Waals surface area contributed by atoms with E-state index in [1.165, 1.54) is 6.42 Å². The Balaban J connectivity index is 2.53. The van der Waals surface area contributed by atoms with Gasteiger partial charge in [0.05, 0.1) is 0 Å². The average molecular weight is 178 g/mol. The summed E-state index contributed by atoms with van der Waals surface area (Å²) in [7, 11) is 0. The molecule has 0 radical (unpaired) electrons. The third-order valence-corrected chi connectivity index (χ3v) is 4.78. The lowest BCUT2D eigenvalue weighted by molar-refractivity contribution is -0.0952. The van der Waals surface area contributed by atoms with E-state index in [1.807, 2.05) is 0 Å². The van der Waals surface area contributed by atoms with Crippen LogP contribution in [0.3, 0.4) is 0 Å². The molecule has 0 unspecified atom stereocenters. The summed E-state index contributed by atoms with van der Waals surface area (Å²) >= 11 is 0. The average Bonchev–Trinajstić information content (AvgIpc) is 2.51. The fraction of sp³-hybridized carbons (Fsp3) is 0.833. The van der Waals surface area contributed by atoms with E-state index < -0.39 is 5.60 Å². The predicted octanol–water partition coefficient (Wildman–Crippen LogP) is 2.20. The van der Waals surface area contributed by atoms with Gasteiger partial charge in [-0.15, -0.1) is 6.42 Å². The highest BCUT2D eigenvalue weighted by Crippen LogP contribution is 2.67. The van der Waals surface area contributed by atoms with E-state index in [9.17, 15) is 5.11 Å². The van der Waals surface area contributed by atoms with Crippen molar-refractivity contribution in [3.63, 3.8) is 0 Å². The van der Waals surface area contributed by atoms with Crippen molar-refractivity contribution < 1.29 is 5.11 Å². The zero-order valence-electron chi connectivity index (χ0n) is 8.72. The maximum absolute atomic E-state index is 10.5. The molecule has 1 N–H and O–H groups in total. The molecule has 2 bridgehead atoms. The van der Waals surface area contributed by atoms with Gasteiger partial charge in [0, 0.05) is 10.8 Å². The molecular weight excluding hydrogens is 160 g/mol. The van der Waals surface area contributed by atoms with Gasteiger partial charge < -0.3 is 5.11 Å². The monoisotopic (exact) mass is 178 g/mol. The topological polar surface area (TPSA) is 20.2 Å². The Bertz CT molecular complexity index is 279. The second kappa shape index (κ2) is 2.12. The fourth-order valence-electron chi connectivity index (χ4n) is 3.62. The fourth-order valence-corrected chi connectivity index (χ4v) is 3.62. The smallest absolute Gasteiger partial charge is 0.135 e. The van der Waals surface area contributed by atoms with Crippen LogP contribution in [-0.4, -0.2) is 10.7 Å². The minimum atomic E-state index is -0.886. The molecule has 3 atom stereocenters. The maximum Gasteiger partial charge on any atom is 0.135 e. The second-order valence-electron chi connectivity index (χ2n) is 5.58. The summed E-state index contributed by atoms with van der Waals surface area (Å²) in [6.45, 7) is 6.37. The lowest BCUT2D eigenvalue weighted by atomic mass is 9.61. The Labute approximate surface area is 80.5 Å². The molecular formula is C12H18O. The standard InChI is InChI=1S/C12H18O/c1-5-12(13)10(2,3)9-6-7-11(12,4)8-9/h1,9,13H,6-8H2,2-4H3/t9-,11+,12-/m0/s1. The maximum atomic E-state index is 10.5. The third-order valence-electron chi connectivity index (χ3n) is 4.78. The molecule has 0 heterocycles. The van der Waals surface area contributed by atoms with E-state index in [-0.39, 0.29) is 10.8 Å². The van der Waals surface area contributed by atoms with Gasteiger partial charge in [0.15, 0.2) is 0 Å². The van der Waals surface area contributed by atoms with E-state index in [4.69, 9.17) is 6.42 Å². The van der Waals surface area contributed by atoms with Crippen LogP contribution in [0.25, 0.3) is 0 Å². The molecule has 2 aliphatic rings. The van der Waals surface area contributed by atoms with E-state index >= 15 is 0 Å². The number of terminal acetylenes is 1. The molecule has 0 amide bonds. The van der Waals surface area contributed by atoms with Crippen LogP contribution < -0.4 is 0 Å². The van der Waals surface area contributed by atoms with Gasteiger partial charge in [-0.05, 0) is 25.2 Å². The van der Waals surface area contributed by atoms with E-state index in [1.54, 1.807) is 0 Å². The summed E-state index contributed by atoms with van der Waals surface area (Å²) in [4.78, 5) is 0. The number of hydrogen-bond acceptors (Lipinski definition) is 1. The van der Waals surface area contributed by atoms with Crippen molar-refractivity contribution in [3.8, 4) is 12.3 Å². The molecule has 13 heavy (non-hydrogen) atoms. The summed E-state index contributed by atoms with van der Waals surface area (Å²) < 4.78 is 0. The van der Waals surface area contributed by atoms with Crippen LogP contribution in [0, 0.1) is 29.1 Å². The summed E-state index contributed by atoms with van der Waals surface area (Å²) in [5, 5.41) is 10.5. The van der Waals surface area contributed by atoms with Gasteiger partial charge in [-0.1, -0.05) is 26.7 Å². The quantitative estimate of drug-likeness (QED) is 0.564. The normalized spacial score (nSPS) is 52.1. The highest BCUT2D eigenvalue weighted by Gasteiger charge is 2.67. The van der Waals surface area contributed by atoms with Crippen molar-refractivity contribution in [1.29, 1.82) is 0 Å². The van der Waals surface area contributed by atoms with Crippen LogP contribution in [0.15, 0.2) is 0 Å². The van der Waals surface area contributed by atoms with Crippen molar-refractivity contribution in [3.05, 3.63) is 0 Å². The van der Waals surface area contributed by atoms with Crippen molar-refractivity contribution in [2.24, 2.45) is 16.7 Å². The van der Waals surface area contributed by atoms with Crippen molar-refractivity contribution in [2.45, 2.75) is 45.6 Å². The van der Waals surface area contributed by atoms with Gasteiger partial charge in [0.25, 0.3) is 0 Å². The summed E-state index contributed by atoms with van der Waals surface area (Å²) in [5.41, 5.74) is -1.02. The molecule has 1 heteroatoms. The van der Waals surface area contributed by atoms with E-state index in [2.05, 4.69) is 26.7 Å². The molecule has 0 aliphatic heterocycles. The van der Waals surface area contributed by atoms with Crippen molar-refractivity contribution in [1.82, 2.24) is 0 Å². The second-order valence-corrected chi connectivity index (χ2v) is 5.58. The lowest BCUT2D eigenvalue weighted by Gasteiger charge is -2.47. The third kappa shape index (κ3) is 0.742. The van der Waals surface area contributed by atoms with Gasteiger partial charge in [-0.2, -0.15) is 0 Å². The first-order valence-electron chi connectivity index (χ1n) is 5.07. The summed E-state index contributed by atoms with van der Waals surface area (Å²) in [6.07, 6.45) is 8.93. The van der Waals surface area contributed by atoms with Crippen LogP contribution >= 0.6 is 0 Å². The Kier molecular flexibility index (Phi) is 1.48. The predicted molar refractivity (Wildman–Crippen MR) is 53.0 cm³/mol. The molecule has 2 fully saturated rings. The molecule has 0 saturated heterocycles. The SMILES string of the molecule is C#C[C@]1(O)C(C)(C)[C@H]2CC[C@]1(C)C2. The van der Waals surface area contributed by atoms with Gasteiger partial charge in [-0.25, -0.2) is 0 Å².